The summed E-state index contributed by atoms with van der Waals surface area (Å²) in [5, 5.41) is 9.00. The van der Waals surface area contributed by atoms with Gasteiger partial charge in [-0.1, -0.05) is 18.5 Å². The Kier molecular flexibility index (Phi) is 5.40. The largest absolute Gasteiger partial charge is 0.478 e. The minimum absolute atomic E-state index is 0.0325. The molecule has 0 radical (unpaired) electrons. The van der Waals surface area contributed by atoms with Crippen molar-refractivity contribution in [2.24, 2.45) is 0 Å². The molecule has 0 aliphatic rings. The van der Waals surface area contributed by atoms with Crippen LogP contribution in [0.5, 0.6) is 0 Å². The lowest BCUT2D eigenvalue weighted by atomic mass is 10.1. The van der Waals surface area contributed by atoms with Crippen molar-refractivity contribution in [3.63, 3.8) is 0 Å². The van der Waals surface area contributed by atoms with E-state index in [2.05, 4.69) is 0 Å². The van der Waals surface area contributed by atoms with Crippen LogP contribution in [0.15, 0.2) is 17.0 Å². The minimum Gasteiger partial charge on any atom is -0.478 e. The van der Waals surface area contributed by atoms with Gasteiger partial charge in [0, 0.05) is 10.8 Å². The van der Waals surface area contributed by atoms with Crippen molar-refractivity contribution in [2.45, 2.75) is 18.7 Å². The van der Waals surface area contributed by atoms with Gasteiger partial charge in [0.2, 0.25) is 0 Å². The number of carboxylic acids is 1. The number of sulfone groups is 2. The summed E-state index contributed by atoms with van der Waals surface area (Å²) >= 11 is 5.74. The Morgan fingerprint density at radius 2 is 1.76 bits per heavy atom. The zero-order valence-electron chi connectivity index (χ0n) is 11.5. The fourth-order valence-electron chi connectivity index (χ4n) is 1.69. The fourth-order valence-corrected chi connectivity index (χ4v) is 5.26. The second-order valence-electron chi connectivity index (χ2n) is 4.44. The standard InChI is InChI=1S/C12H15ClO6S2/c1-3-20(16,17)4-5-21(18,19)11-7-9(13)6-10(8(11)2)12(14)15/h6-7H,3-5H2,1-2H3,(H,14,15). The van der Waals surface area contributed by atoms with Crippen LogP contribution in [0, 0.1) is 6.92 Å². The van der Waals surface area contributed by atoms with Gasteiger partial charge in [-0.2, -0.15) is 0 Å². The van der Waals surface area contributed by atoms with Gasteiger partial charge in [0.1, 0.15) is 0 Å². The molecule has 0 spiro atoms. The van der Waals surface area contributed by atoms with Crippen LogP contribution in [0.4, 0.5) is 0 Å². The third kappa shape index (κ3) is 4.42. The third-order valence-electron chi connectivity index (χ3n) is 2.99. The number of hydrogen-bond donors (Lipinski definition) is 1. The maximum atomic E-state index is 12.2. The van der Waals surface area contributed by atoms with Gasteiger partial charge in [0.25, 0.3) is 0 Å². The monoisotopic (exact) mass is 354 g/mol. The first-order valence-corrected chi connectivity index (χ1v) is 9.82. The molecule has 1 aromatic carbocycles. The molecule has 0 saturated carbocycles. The molecule has 0 amide bonds. The first-order valence-electron chi connectivity index (χ1n) is 5.97. The molecule has 0 aliphatic carbocycles. The Morgan fingerprint density at radius 1 is 1.19 bits per heavy atom. The van der Waals surface area contributed by atoms with Gasteiger partial charge >= 0.3 is 5.97 Å². The summed E-state index contributed by atoms with van der Waals surface area (Å²) in [6, 6.07) is 2.29. The van der Waals surface area contributed by atoms with Gasteiger partial charge in [0.05, 0.1) is 22.0 Å². The van der Waals surface area contributed by atoms with Gasteiger partial charge in [-0.25, -0.2) is 21.6 Å². The Labute approximate surface area is 128 Å². The van der Waals surface area contributed by atoms with Crippen LogP contribution in [-0.4, -0.2) is 45.2 Å². The van der Waals surface area contributed by atoms with E-state index in [-0.39, 0.29) is 26.8 Å². The number of carboxylic acid groups (broad SMARTS) is 1. The summed E-state index contributed by atoms with van der Waals surface area (Å²) in [4.78, 5) is 10.8. The number of halogens is 1. The first-order chi connectivity index (χ1) is 9.50. The lowest BCUT2D eigenvalue weighted by Crippen LogP contribution is -2.20. The molecule has 1 rings (SSSR count). The highest BCUT2D eigenvalue weighted by Gasteiger charge is 2.24. The van der Waals surface area contributed by atoms with E-state index in [1.54, 1.807) is 0 Å². The summed E-state index contributed by atoms with van der Waals surface area (Å²) in [7, 11) is -7.38. The van der Waals surface area contributed by atoms with Crippen LogP contribution >= 0.6 is 11.6 Å². The predicted octanol–water partition coefficient (Wildman–Crippen LogP) is 1.56. The number of aromatic carboxylic acids is 1. The molecule has 0 atom stereocenters. The van der Waals surface area contributed by atoms with E-state index in [1.807, 2.05) is 0 Å². The lowest BCUT2D eigenvalue weighted by molar-refractivity contribution is 0.0695. The van der Waals surface area contributed by atoms with Crippen molar-refractivity contribution >= 4 is 37.2 Å². The Balaban J connectivity index is 3.30. The maximum absolute atomic E-state index is 12.2. The summed E-state index contributed by atoms with van der Waals surface area (Å²) in [6.07, 6.45) is 0. The molecule has 0 aliphatic heterocycles. The second-order valence-corrected chi connectivity index (χ2v) is 9.42. The molecule has 21 heavy (non-hydrogen) atoms. The molecular weight excluding hydrogens is 340 g/mol. The molecule has 6 nitrogen and oxygen atoms in total. The van der Waals surface area contributed by atoms with E-state index in [0.29, 0.717) is 0 Å². The van der Waals surface area contributed by atoms with Crippen molar-refractivity contribution in [1.82, 2.24) is 0 Å². The number of rotatable bonds is 6. The second kappa shape index (κ2) is 6.33. The molecule has 0 heterocycles. The third-order valence-corrected chi connectivity index (χ3v) is 7.01. The summed E-state index contributed by atoms with van der Waals surface area (Å²) in [5.74, 6) is -2.58. The SMILES string of the molecule is CCS(=O)(=O)CCS(=O)(=O)c1cc(Cl)cc(C(=O)O)c1C. The van der Waals surface area contributed by atoms with Crippen LogP contribution in [-0.2, 0) is 19.7 Å². The van der Waals surface area contributed by atoms with Gasteiger partial charge in [-0.3, -0.25) is 0 Å². The number of hydrogen-bond acceptors (Lipinski definition) is 5. The predicted molar refractivity (Wildman–Crippen MR) is 79.5 cm³/mol. The smallest absolute Gasteiger partial charge is 0.336 e. The zero-order chi connectivity index (χ0) is 16.4. The summed E-state index contributed by atoms with van der Waals surface area (Å²) in [5.41, 5.74) is -0.180. The Morgan fingerprint density at radius 3 is 2.24 bits per heavy atom. The highest BCUT2D eigenvalue weighted by atomic mass is 35.5. The molecule has 1 N–H and O–H groups in total. The number of carbonyl (C=O) groups is 1. The highest BCUT2D eigenvalue weighted by Crippen LogP contribution is 2.25. The van der Waals surface area contributed by atoms with Crippen LogP contribution in [0.25, 0.3) is 0 Å². The van der Waals surface area contributed by atoms with Crippen LogP contribution in [0.3, 0.4) is 0 Å². The van der Waals surface area contributed by atoms with E-state index < -0.39 is 37.1 Å². The lowest BCUT2D eigenvalue weighted by Gasteiger charge is -2.11. The minimum atomic E-state index is -3.94. The van der Waals surface area contributed by atoms with E-state index >= 15 is 0 Å². The average molecular weight is 355 g/mol. The van der Waals surface area contributed by atoms with E-state index in [9.17, 15) is 21.6 Å². The zero-order valence-corrected chi connectivity index (χ0v) is 13.8. The van der Waals surface area contributed by atoms with Gasteiger partial charge in [0.15, 0.2) is 19.7 Å². The van der Waals surface area contributed by atoms with Crippen molar-refractivity contribution in [3.05, 3.63) is 28.3 Å². The normalized spacial score (nSPS) is 12.3. The van der Waals surface area contributed by atoms with Gasteiger partial charge < -0.3 is 5.11 Å². The van der Waals surface area contributed by atoms with Gasteiger partial charge in [-0.15, -0.1) is 0 Å². The van der Waals surface area contributed by atoms with E-state index in [1.165, 1.54) is 13.8 Å². The topological polar surface area (TPSA) is 106 Å². The maximum Gasteiger partial charge on any atom is 0.336 e. The summed E-state index contributed by atoms with van der Waals surface area (Å²) in [6.45, 7) is 2.77. The Bertz CT molecular complexity index is 765. The van der Waals surface area contributed by atoms with Crippen molar-refractivity contribution in [1.29, 1.82) is 0 Å². The fraction of sp³-hybridized carbons (Fsp3) is 0.417. The van der Waals surface area contributed by atoms with E-state index in [0.717, 1.165) is 12.1 Å². The molecule has 0 bridgehead atoms. The molecule has 0 unspecified atom stereocenters. The van der Waals surface area contributed by atoms with Crippen LogP contribution in [0.1, 0.15) is 22.8 Å². The van der Waals surface area contributed by atoms with Crippen molar-refractivity contribution in [3.8, 4) is 0 Å². The molecule has 118 valence electrons. The van der Waals surface area contributed by atoms with Gasteiger partial charge in [-0.05, 0) is 24.6 Å². The molecule has 0 fully saturated rings. The van der Waals surface area contributed by atoms with Crippen molar-refractivity contribution < 1.29 is 26.7 Å². The number of benzene rings is 1. The molecule has 9 heteroatoms. The highest BCUT2D eigenvalue weighted by molar-refractivity contribution is 7.95. The average Bonchev–Trinajstić information content (AvgIpc) is 2.38. The molecule has 1 aromatic rings. The molecule has 0 aromatic heterocycles. The summed E-state index contributed by atoms with van der Waals surface area (Å²) < 4.78 is 47.3. The van der Waals surface area contributed by atoms with Crippen LogP contribution < -0.4 is 0 Å². The first kappa shape index (κ1) is 17.9. The van der Waals surface area contributed by atoms with E-state index in [4.69, 9.17) is 16.7 Å². The molecule has 0 saturated heterocycles. The molecular formula is C12H15ClO6S2. The van der Waals surface area contributed by atoms with Crippen molar-refractivity contribution in [2.75, 3.05) is 17.3 Å². The quantitative estimate of drug-likeness (QED) is 0.830. The van der Waals surface area contributed by atoms with Crippen LogP contribution in [0.2, 0.25) is 5.02 Å². The Hall–Kier alpha value is -1.12.